The molecule has 1 unspecified atom stereocenters. The van der Waals surface area contributed by atoms with Crippen molar-refractivity contribution in [1.82, 2.24) is 4.72 Å². The molecule has 1 aliphatic carbocycles. The van der Waals surface area contributed by atoms with E-state index in [1.54, 1.807) is 0 Å². The van der Waals surface area contributed by atoms with Gasteiger partial charge in [-0.2, -0.15) is 0 Å². The average molecular weight is 258 g/mol. The molecule has 2 atom stereocenters. The maximum absolute atomic E-state index is 11.6. The summed E-state index contributed by atoms with van der Waals surface area (Å²) in [6.07, 6.45) is 1.76. The Labute approximate surface area is 99.0 Å². The highest BCUT2D eigenvalue weighted by Gasteiger charge is 2.50. The summed E-state index contributed by atoms with van der Waals surface area (Å²) in [5, 5.41) is 0. The van der Waals surface area contributed by atoms with E-state index in [9.17, 15) is 4.55 Å². The van der Waals surface area contributed by atoms with Crippen molar-refractivity contribution in [3.63, 3.8) is 0 Å². The van der Waals surface area contributed by atoms with Crippen molar-refractivity contribution < 1.29 is 4.55 Å². The normalized spacial score (nSPS) is 27.4. The van der Waals surface area contributed by atoms with Crippen LogP contribution in [-0.2, 0) is 11.4 Å². The third kappa shape index (κ3) is 3.78. The van der Waals surface area contributed by atoms with Crippen LogP contribution in [0.3, 0.4) is 0 Å². The Morgan fingerprint density at radius 2 is 2.00 bits per heavy atom. The molecule has 0 radical (unpaired) electrons. The highest BCUT2D eigenvalue weighted by Crippen LogP contribution is 2.54. The molecule has 14 heavy (non-hydrogen) atoms. The van der Waals surface area contributed by atoms with Gasteiger partial charge in [0.25, 0.3) is 0 Å². The Bertz CT molecular complexity index is 205. The van der Waals surface area contributed by atoms with Gasteiger partial charge in [-0.25, -0.2) is 0 Å². The van der Waals surface area contributed by atoms with Gasteiger partial charge < -0.3 is 4.55 Å². The number of nitrogens with one attached hydrogen (secondary N) is 1. The van der Waals surface area contributed by atoms with E-state index in [1.165, 1.54) is 0 Å². The summed E-state index contributed by atoms with van der Waals surface area (Å²) in [4.78, 5) is 0. The lowest BCUT2D eigenvalue weighted by molar-refractivity contribution is 0.539. The minimum absolute atomic E-state index is 0.206. The van der Waals surface area contributed by atoms with Gasteiger partial charge in [-0.1, -0.05) is 0 Å². The molecular weight excluding hydrogens is 241 g/mol. The highest BCUT2D eigenvalue weighted by atomic mass is 35.5. The fourth-order valence-corrected chi connectivity index (χ4v) is 2.45. The smallest absolute Gasteiger partial charge is 0.136 e. The summed E-state index contributed by atoms with van der Waals surface area (Å²) < 4.78 is 13.8. The molecule has 0 aliphatic heterocycles. The monoisotopic (exact) mass is 257 g/mol. The van der Waals surface area contributed by atoms with Crippen LogP contribution in [0.2, 0.25) is 0 Å². The standard InChI is InChI=1S/C9H17Cl2NOS/c1-8(2,3)14(13)12-5-4-7-6-9(7,10)11/h7,12H,4-6H2,1-3H3/t7-,14?/m1/s1. The molecule has 0 aromatic heterocycles. The average Bonchev–Trinajstić information content (AvgIpc) is 2.57. The van der Waals surface area contributed by atoms with Crippen molar-refractivity contribution in [2.45, 2.75) is 42.7 Å². The molecule has 0 saturated heterocycles. The summed E-state index contributed by atoms with van der Waals surface area (Å²) in [7, 11) is 0. The van der Waals surface area contributed by atoms with E-state index in [1.807, 2.05) is 20.8 Å². The van der Waals surface area contributed by atoms with Crippen LogP contribution < -0.4 is 4.72 Å². The second-order valence-corrected chi connectivity index (χ2v) is 8.32. The molecule has 0 heterocycles. The Morgan fingerprint density at radius 1 is 1.50 bits per heavy atom. The van der Waals surface area contributed by atoms with E-state index in [0.717, 1.165) is 19.4 Å². The molecule has 5 heteroatoms. The minimum atomic E-state index is -0.987. The van der Waals surface area contributed by atoms with Gasteiger partial charge in [0.2, 0.25) is 0 Å². The van der Waals surface area contributed by atoms with Crippen LogP contribution in [0.1, 0.15) is 33.6 Å². The summed E-state index contributed by atoms with van der Waals surface area (Å²) >= 11 is 10.8. The van der Waals surface area contributed by atoms with E-state index in [-0.39, 0.29) is 4.75 Å². The zero-order valence-electron chi connectivity index (χ0n) is 8.77. The first-order chi connectivity index (χ1) is 6.23. The predicted molar refractivity (Wildman–Crippen MR) is 63.1 cm³/mol. The summed E-state index contributed by atoms with van der Waals surface area (Å²) in [5.41, 5.74) is 0. The molecule has 1 fully saturated rings. The van der Waals surface area contributed by atoms with Crippen LogP contribution in [0.15, 0.2) is 0 Å². The number of hydrogen-bond acceptors (Lipinski definition) is 2. The Balaban J connectivity index is 2.11. The van der Waals surface area contributed by atoms with Crippen molar-refractivity contribution in [3.8, 4) is 0 Å². The lowest BCUT2D eigenvalue weighted by Gasteiger charge is -2.23. The van der Waals surface area contributed by atoms with E-state index in [0.29, 0.717) is 5.92 Å². The van der Waals surface area contributed by atoms with Crippen molar-refractivity contribution in [1.29, 1.82) is 0 Å². The van der Waals surface area contributed by atoms with Crippen molar-refractivity contribution in [2.75, 3.05) is 6.54 Å². The summed E-state index contributed by atoms with van der Waals surface area (Å²) in [6, 6.07) is 0. The van der Waals surface area contributed by atoms with Crippen LogP contribution in [0, 0.1) is 5.92 Å². The Morgan fingerprint density at radius 3 is 2.36 bits per heavy atom. The van der Waals surface area contributed by atoms with Crippen molar-refractivity contribution >= 4 is 34.6 Å². The second-order valence-electron chi connectivity index (χ2n) is 4.73. The van der Waals surface area contributed by atoms with Gasteiger partial charge in [-0.05, 0) is 39.5 Å². The molecule has 0 aromatic carbocycles. The van der Waals surface area contributed by atoms with Gasteiger partial charge in [-0.3, -0.25) is 0 Å². The number of halogens is 2. The van der Waals surface area contributed by atoms with E-state index in [2.05, 4.69) is 4.72 Å². The first-order valence-corrected chi connectivity index (χ1v) is 6.67. The molecular formula is C9H17Cl2NOS. The van der Waals surface area contributed by atoms with E-state index >= 15 is 0 Å². The topological polar surface area (TPSA) is 35.1 Å². The number of alkyl halides is 2. The Hall–Kier alpha value is 0.850. The second kappa shape index (κ2) is 4.38. The third-order valence-corrected chi connectivity index (χ3v) is 4.74. The van der Waals surface area contributed by atoms with E-state index in [4.69, 9.17) is 23.2 Å². The van der Waals surface area contributed by atoms with Gasteiger partial charge >= 0.3 is 0 Å². The first-order valence-electron chi connectivity index (χ1n) is 4.77. The molecule has 84 valence electrons. The zero-order chi connectivity index (χ0) is 11.0. The quantitative estimate of drug-likeness (QED) is 0.621. The number of rotatable bonds is 4. The third-order valence-electron chi connectivity index (χ3n) is 2.24. The van der Waals surface area contributed by atoms with Crippen molar-refractivity contribution in [3.05, 3.63) is 0 Å². The lowest BCUT2D eigenvalue weighted by Crippen LogP contribution is -2.39. The van der Waals surface area contributed by atoms with Gasteiger partial charge in [0.15, 0.2) is 0 Å². The van der Waals surface area contributed by atoms with Crippen LogP contribution in [0.5, 0.6) is 0 Å². The lowest BCUT2D eigenvalue weighted by atomic mass is 10.3. The fourth-order valence-electron chi connectivity index (χ4n) is 1.13. The number of hydrogen-bond donors (Lipinski definition) is 1. The van der Waals surface area contributed by atoms with Gasteiger partial charge in [-0.15, -0.1) is 27.9 Å². The first kappa shape index (κ1) is 12.9. The van der Waals surface area contributed by atoms with E-state index < -0.39 is 15.7 Å². The largest absolute Gasteiger partial charge is 0.598 e. The van der Waals surface area contributed by atoms with Gasteiger partial charge in [0, 0.05) is 17.9 Å². The maximum Gasteiger partial charge on any atom is 0.136 e. The molecule has 0 amide bonds. The molecule has 1 saturated carbocycles. The predicted octanol–water partition coefficient (Wildman–Crippen LogP) is 2.62. The zero-order valence-corrected chi connectivity index (χ0v) is 11.1. The SMILES string of the molecule is CC(C)(C)[S+]([O-])NCC[C@@H]1CC1(Cl)Cl. The van der Waals surface area contributed by atoms with Crippen LogP contribution in [-0.4, -0.2) is 20.2 Å². The molecule has 0 aromatic rings. The van der Waals surface area contributed by atoms with Crippen molar-refractivity contribution in [2.24, 2.45) is 5.92 Å². The molecule has 0 bridgehead atoms. The maximum atomic E-state index is 11.6. The molecule has 1 aliphatic rings. The van der Waals surface area contributed by atoms with Crippen LogP contribution in [0.25, 0.3) is 0 Å². The highest BCUT2D eigenvalue weighted by molar-refractivity contribution is 7.90. The molecule has 0 spiro atoms. The van der Waals surface area contributed by atoms with Crippen LogP contribution in [0.4, 0.5) is 0 Å². The summed E-state index contributed by atoms with van der Waals surface area (Å²) in [5.74, 6) is 0.371. The van der Waals surface area contributed by atoms with Gasteiger partial charge in [0.1, 0.15) is 9.08 Å². The fraction of sp³-hybridized carbons (Fsp3) is 1.00. The van der Waals surface area contributed by atoms with Gasteiger partial charge in [0.05, 0.1) is 0 Å². The Kier molecular flexibility index (Phi) is 4.04. The molecule has 1 N–H and O–H groups in total. The minimum Gasteiger partial charge on any atom is -0.598 e. The molecule has 1 rings (SSSR count). The van der Waals surface area contributed by atoms with Crippen LogP contribution >= 0.6 is 23.2 Å². The summed E-state index contributed by atoms with van der Waals surface area (Å²) in [6.45, 7) is 6.55. The molecule has 2 nitrogen and oxygen atoms in total.